The Balaban J connectivity index is 2.41. The molecule has 0 heterocycles. The van der Waals surface area contributed by atoms with E-state index in [2.05, 4.69) is 0 Å². The van der Waals surface area contributed by atoms with Crippen LogP contribution in [0.25, 0.3) is 0 Å². The van der Waals surface area contributed by atoms with Gasteiger partial charge in [-0.25, -0.2) is 0 Å². The van der Waals surface area contributed by atoms with Gasteiger partial charge in [-0.3, -0.25) is 0 Å². The summed E-state index contributed by atoms with van der Waals surface area (Å²) >= 11 is 0. The van der Waals surface area contributed by atoms with Crippen molar-refractivity contribution in [1.82, 2.24) is 0 Å². The Kier molecular flexibility index (Phi) is 2.22. The van der Waals surface area contributed by atoms with Crippen LogP contribution >= 0.6 is 0 Å². The third kappa shape index (κ3) is 1.30. The lowest BCUT2D eigenvalue weighted by atomic mass is 9.99. The second kappa shape index (κ2) is 2.97. The van der Waals surface area contributed by atoms with Gasteiger partial charge in [0.05, 0.1) is 0 Å². The Bertz CT molecular complexity index is 101. The van der Waals surface area contributed by atoms with E-state index in [9.17, 15) is 4.79 Å². The molecule has 2 nitrogen and oxygen atoms in total. The Morgan fingerprint density at radius 2 is 2.33 bits per heavy atom. The van der Waals surface area contributed by atoms with Crippen LogP contribution in [0.15, 0.2) is 0 Å². The fraction of sp³-hybridized carbons (Fsp3) is 0.857. The van der Waals surface area contributed by atoms with Gasteiger partial charge in [0, 0.05) is 12.5 Å². The smallest absolute Gasteiger partial charge is 0.123 e. The van der Waals surface area contributed by atoms with Gasteiger partial charge in [-0.15, -0.1) is 0 Å². The lowest BCUT2D eigenvalue weighted by Crippen LogP contribution is -2.12. The van der Waals surface area contributed by atoms with Crippen molar-refractivity contribution in [2.75, 3.05) is 6.61 Å². The summed E-state index contributed by atoms with van der Waals surface area (Å²) in [5, 5.41) is 8.71. The first-order chi connectivity index (χ1) is 4.38. The molecule has 1 rings (SSSR count). The number of aliphatic hydroxyl groups excluding tert-OH is 1. The summed E-state index contributed by atoms with van der Waals surface area (Å²) in [6.07, 6.45) is 4.09. The summed E-state index contributed by atoms with van der Waals surface area (Å²) in [4.78, 5) is 10.3. The predicted octanol–water partition coefficient (Wildman–Crippen LogP) is 0.594. The van der Waals surface area contributed by atoms with Gasteiger partial charge >= 0.3 is 0 Å². The molecule has 1 saturated carbocycles. The summed E-state index contributed by atoms with van der Waals surface area (Å²) in [6, 6.07) is 0. The zero-order valence-electron chi connectivity index (χ0n) is 5.42. The molecular formula is C7H12O2. The van der Waals surface area contributed by atoms with E-state index in [-0.39, 0.29) is 18.4 Å². The maximum Gasteiger partial charge on any atom is 0.123 e. The Labute approximate surface area is 54.9 Å². The van der Waals surface area contributed by atoms with E-state index >= 15 is 0 Å². The van der Waals surface area contributed by atoms with E-state index in [1.165, 1.54) is 0 Å². The molecule has 0 saturated heterocycles. The average molecular weight is 128 g/mol. The second-order valence-corrected chi connectivity index (χ2v) is 2.67. The van der Waals surface area contributed by atoms with Gasteiger partial charge in [-0.05, 0) is 18.8 Å². The molecule has 1 aliphatic carbocycles. The van der Waals surface area contributed by atoms with Crippen molar-refractivity contribution in [3.63, 3.8) is 0 Å². The van der Waals surface area contributed by atoms with Gasteiger partial charge < -0.3 is 9.90 Å². The van der Waals surface area contributed by atoms with Crippen LogP contribution < -0.4 is 0 Å². The normalized spacial score (nSPS) is 34.8. The number of rotatable bonds is 2. The molecule has 2 heteroatoms. The Hall–Kier alpha value is -0.370. The van der Waals surface area contributed by atoms with Gasteiger partial charge in [0.2, 0.25) is 0 Å². The highest BCUT2D eigenvalue weighted by molar-refractivity contribution is 5.54. The van der Waals surface area contributed by atoms with Crippen LogP contribution in [0.4, 0.5) is 0 Å². The molecule has 0 aromatic carbocycles. The van der Waals surface area contributed by atoms with Gasteiger partial charge in [-0.1, -0.05) is 6.42 Å². The van der Waals surface area contributed by atoms with Crippen molar-refractivity contribution < 1.29 is 9.90 Å². The summed E-state index contributed by atoms with van der Waals surface area (Å²) in [7, 11) is 0. The van der Waals surface area contributed by atoms with E-state index in [0.29, 0.717) is 0 Å². The molecule has 1 fully saturated rings. The molecule has 0 aliphatic heterocycles. The van der Waals surface area contributed by atoms with E-state index < -0.39 is 0 Å². The van der Waals surface area contributed by atoms with Crippen molar-refractivity contribution in [3.8, 4) is 0 Å². The van der Waals surface area contributed by atoms with Crippen molar-refractivity contribution in [2.45, 2.75) is 19.3 Å². The van der Waals surface area contributed by atoms with Gasteiger partial charge in [0.25, 0.3) is 0 Å². The van der Waals surface area contributed by atoms with Crippen molar-refractivity contribution >= 4 is 6.29 Å². The van der Waals surface area contributed by atoms with E-state index in [1.54, 1.807) is 0 Å². The molecule has 1 aliphatic rings. The molecule has 0 bridgehead atoms. The average Bonchev–Trinajstić information content (AvgIpc) is 2.33. The third-order valence-electron chi connectivity index (χ3n) is 2.13. The zero-order chi connectivity index (χ0) is 6.69. The van der Waals surface area contributed by atoms with Crippen LogP contribution in [0.2, 0.25) is 0 Å². The number of hydrogen-bond donors (Lipinski definition) is 1. The molecule has 0 amide bonds. The molecule has 0 radical (unpaired) electrons. The van der Waals surface area contributed by atoms with Gasteiger partial charge in [0.1, 0.15) is 6.29 Å². The van der Waals surface area contributed by atoms with Crippen LogP contribution in [0.5, 0.6) is 0 Å². The fourth-order valence-electron chi connectivity index (χ4n) is 1.47. The Morgan fingerprint density at radius 3 is 2.78 bits per heavy atom. The highest BCUT2D eigenvalue weighted by atomic mass is 16.3. The first kappa shape index (κ1) is 6.75. The summed E-state index contributed by atoms with van der Waals surface area (Å²) < 4.78 is 0. The van der Waals surface area contributed by atoms with Crippen LogP contribution in [-0.2, 0) is 4.79 Å². The van der Waals surface area contributed by atoms with Crippen LogP contribution in [-0.4, -0.2) is 18.0 Å². The zero-order valence-corrected chi connectivity index (χ0v) is 5.42. The van der Waals surface area contributed by atoms with Crippen LogP contribution in [0, 0.1) is 11.8 Å². The first-order valence-electron chi connectivity index (χ1n) is 3.44. The number of carbonyl (C=O) groups excluding carboxylic acids is 1. The molecule has 52 valence electrons. The number of hydrogen-bond acceptors (Lipinski definition) is 2. The van der Waals surface area contributed by atoms with Gasteiger partial charge in [-0.2, -0.15) is 0 Å². The monoisotopic (exact) mass is 128 g/mol. The first-order valence-corrected chi connectivity index (χ1v) is 3.44. The molecule has 9 heavy (non-hydrogen) atoms. The highest BCUT2D eigenvalue weighted by Gasteiger charge is 2.25. The molecule has 0 unspecified atom stereocenters. The number of carbonyl (C=O) groups is 1. The summed E-state index contributed by atoms with van der Waals surface area (Å²) in [5.74, 6) is 0.414. The summed E-state index contributed by atoms with van der Waals surface area (Å²) in [5.41, 5.74) is 0. The van der Waals surface area contributed by atoms with Crippen LogP contribution in [0.3, 0.4) is 0 Å². The molecule has 0 aromatic heterocycles. The van der Waals surface area contributed by atoms with E-state index in [0.717, 1.165) is 25.5 Å². The number of aldehydes is 1. The quantitative estimate of drug-likeness (QED) is 0.553. The maximum absolute atomic E-state index is 10.3. The lowest BCUT2D eigenvalue weighted by Gasteiger charge is -2.08. The number of aliphatic hydroxyl groups is 1. The minimum atomic E-state index is 0.148. The van der Waals surface area contributed by atoms with Crippen molar-refractivity contribution in [2.24, 2.45) is 11.8 Å². The van der Waals surface area contributed by atoms with E-state index in [1.807, 2.05) is 0 Å². The van der Waals surface area contributed by atoms with Crippen molar-refractivity contribution in [1.29, 1.82) is 0 Å². The molecular weight excluding hydrogens is 116 g/mol. The molecule has 1 N–H and O–H groups in total. The summed E-state index contributed by atoms with van der Waals surface area (Å²) in [6.45, 7) is 0.184. The molecule has 0 aromatic rings. The van der Waals surface area contributed by atoms with E-state index in [4.69, 9.17) is 5.11 Å². The topological polar surface area (TPSA) is 37.3 Å². The fourth-order valence-corrected chi connectivity index (χ4v) is 1.47. The highest BCUT2D eigenvalue weighted by Crippen LogP contribution is 2.29. The van der Waals surface area contributed by atoms with Crippen LogP contribution in [0.1, 0.15) is 19.3 Å². The standard InChI is InChI=1S/C7H12O2/c8-4-6-2-1-3-7(6)5-9/h4,6-7,9H,1-3,5H2/t6-,7+/m0/s1. The predicted molar refractivity (Wildman–Crippen MR) is 34.0 cm³/mol. The molecule has 2 atom stereocenters. The van der Waals surface area contributed by atoms with Crippen molar-refractivity contribution in [3.05, 3.63) is 0 Å². The Morgan fingerprint density at radius 1 is 1.56 bits per heavy atom. The SMILES string of the molecule is O=C[C@@H]1CCC[C@@H]1CO. The maximum atomic E-state index is 10.3. The minimum absolute atomic E-state index is 0.148. The molecule has 0 spiro atoms. The second-order valence-electron chi connectivity index (χ2n) is 2.67. The van der Waals surface area contributed by atoms with Gasteiger partial charge in [0.15, 0.2) is 0 Å². The third-order valence-corrected chi connectivity index (χ3v) is 2.13. The minimum Gasteiger partial charge on any atom is -0.396 e. The largest absolute Gasteiger partial charge is 0.396 e. The lowest BCUT2D eigenvalue weighted by molar-refractivity contribution is -0.112.